The van der Waals surface area contributed by atoms with Crippen molar-refractivity contribution in [1.82, 2.24) is 40.4 Å². The lowest BCUT2D eigenvalue weighted by Crippen LogP contribution is -2.31. The van der Waals surface area contributed by atoms with Gasteiger partial charge in [-0.15, -0.1) is 10.2 Å². The van der Waals surface area contributed by atoms with Gasteiger partial charge < -0.3 is 5.11 Å². The molecule has 0 bridgehead atoms. The maximum absolute atomic E-state index is 12.5. The number of aromatic nitrogens is 8. The number of sulfone groups is 2. The van der Waals surface area contributed by atoms with Gasteiger partial charge in [-0.25, -0.2) is 16.8 Å². The van der Waals surface area contributed by atoms with Crippen molar-refractivity contribution < 1.29 is 21.9 Å². The van der Waals surface area contributed by atoms with Gasteiger partial charge in [0.05, 0.1) is 40.5 Å². The molecule has 202 valence electrons. The van der Waals surface area contributed by atoms with Crippen molar-refractivity contribution in [1.29, 1.82) is 0 Å². The summed E-state index contributed by atoms with van der Waals surface area (Å²) >= 11 is 2.30. The third kappa shape index (κ3) is 8.07. The molecular weight excluding hydrogens is 573 g/mol. The standard InChI is InChI=1S/C21H24N8O5S4/c30-19(15-37(31,32)13-11-35-20-22-24-26-28(20)17-7-3-1-4-8-17)16-38(33,34)14-12-36-21-23-25-27-29(21)18-9-5-2-6-10-18/h1-10,19,30H,11-16H2. The zero-order valence-electron chi connectivity index (χ0n) is 19.9. The number of benzene rings is 2. The Morgan fingerprint density at radius 3 is 1.47 bits per heavy atom. The van der Waals surface area contributed by atoms with Crippen LogP contribution in [0.3, 0.4) is 0 Å². The Morgan fingerprint density at radius 1 is 0.684 bits per heavy atom. The van der Waals surface area contributed by atoms with Gasteiger partial charge in [-0.05, 0) is 45.1 Å². The second-order valence-electron chi connectivity index (χ2n) is 8.00. The molecule has 4 rings (SSSR count). The Balaban J connectivity index is 1.23. The van der Waals surface area contributed by atoms with Crippen molar-refractivity contribution in [3.63, 3.8) is 0 Å². The van der Waals surface area contributed by atoms with E-state index in [9.17, 15) is 21.9 Å². The van der Waals surface area contributed by atoms with Gasteiger partial charge >= 0.3 is 0 Å². The third-order valence-corrected chi connectivity index (χ3v) is 10.8. The van der Waals surface area contributed by atoms with E-state index >= 15 is 0 Å². The lowest BCUT2D eigenvalue weighted by Gasteiger charge is -2.12. The monoisotopic (exact) mass is 596 g/mol. The predicted octanol–water partition coefficient (Wildman–Crippen LogP) is 0.713. The number of para-hydroxylation sites is 2. The van der Waals surface area contributed by atoms with Crippen molar-refractivity contribution >= 4 is 43.2 Å². The van der Waals surface area contributed by atoms with Crippen LogP contribution in [0.15, 0.2) is 71.0 Å². The first-order valence-electron chi connectivity index (χ1n) is 11.2. The quantitative estimate of drug-likeness (QED) is 0.202. The summed E-state index contributed by atoms with van der Waals surface area (Å²) in [6.07, 6.45) is -1.54. The van der Waals surface area contributed by atoms with E-state index in [1.54, 1.807) is 0 Å². The fourth-order valence-corrected chi connectivity index (χ4v) is 8.99. The zero-order valence-corrected chi connectivity index (χ0v) is 23.2. The van der Waals surface area contributed by atoms with Crippen LogP contribution < -0.4 is 0 Å². The first-order chi connectivity index (χ1) is 18.2. The minimum atomic E-state index is -3.72. The highest BCUT2D eigenvalue weighted by molar-refractivity contribution is 8.01. The molecule has 2 aromatic carbocycles. The van der Waals surface area contributed by atoms with E-state index in [-0.39, 0.29) is 23.0 Å². The number of nitrogens with zero attached hydrogens (tertiary/aromatic N) is 8. The van der Waals surface area contributed by atoms with E-state index in [0.717, 1.165) is 34.9 Å². The van der Waals surface area contributed by atoms with Crippen LogP contribution in [0.25, 0.3) is 11.4 Å². The van der Waals surface area contributed by atoms with E-state index < -0.39 is 37.3 Å². The zero-order chi connectivity index (χ0) is 27.0. The highest BCUT2D eigenvalue weighted by Gasteiger charge is 2.24. The first kappa shape index (κ1) is 28.2. The lowest BCUT2D eigenvalue weighted by atomic mass is 10.3. The number of hydrogen-bond acceptors (Lipinski definition) is 13. The number of tetrazole rings is 2. The largest absolute Gasteiger partial charge is 0.391 e. The first-order valence-corrected chi connectivity index (χ1v) is 16.9. The Kier molecular flexibility index (Phi) is 9.48. The van der Waals surface area contributed by atoms with Gasteiger partial charge in [-0.2, -0.15) is 9.36 Å². The minimum Gasteiger partial charge on any atom is -0.391 e. The van der Waals surface area contributed by atoms with Crippen LogP contribution in [0.1, 0.15) is 0 Å². The van der Waals surface area contributed by atoms with Crippen LogP contribution in [0.4, 0.5) is 0 Å². The molecule has 0 aliphatic rings. The molecule has 0 fully saturated rings. The highest BCUT2D eigenvalue weighted by atomic mass is 32.2. The average Bonchev–Trinajstić information content (AvgIpc) is 3.54. The molecule has 0 radical (unpaired) electrons. The second-order valence-corrected chi connectivity index (χ2v) is 14.6. The third-order valence-electron chi connectivity index (χ3n) is 5.03. The maximum Gasteiger partial charge on any atom is 0.214 e. The Labute approximate surface area is 227 Å². The molecule has 2 heterocycles. The smallest absolute Gasteiger partial charge is 0.214 e. The van der Waals surface area contributed by atoms with Crippen LogP contribution >= 0.6 is 23.5 Å². The van der Waals surface area contributed by atoms with E-state index in [1.165, 1.54) is 9.36 Å². The van der Waals surface area contributed by atoms with Gasteiger partial charge in [0.15, 0.2) is 19.7 Å². The van der Waals surface area contributed by atoms with E-state index in [2.05, 4.69) is 31.1 Å². The Bertz CT molecular complexity index is 1410. The molecular formula is C21H24N8O5S4. The summed E-state index contributed by atoms with van der Waals surface area (Å²) in [4.78, 5) is 0. The highest BCUT2D eigenvalue weighted by Crippen LogP contribution is 2.20. The van der Waals surface area contributed by atoms with Crippen LogP contribution in [-0.2, 0) is 19.7 Å². The molecule has 2 aromatic heterocycles. The van der Waals surface area contributed by atoms with Crippen molar-refractivity contribution in [2.45, 2.75) is 16.4 Å². The number of thioether (sulfide) groups is 2. The van der Waals surface area contributed by atoms with Gasteiger partial charge in [0.2, 0.25) is 10.3 Å². The molecule has 0 saturated carbocycles. The molecule has 0 saturated heterocycles. The fraction of sp³-hybridized carbons (Fsp3) is 0.333. The van der Waals surface area contributed by atoms with Gasteiger partial charge in [0, 0.05) is 11.5 Å². The summed E-state index contributed by atoms with van der Waals surface area (Å²) in [7, 11) is -7.45. The lowest BCUT2D eigenvalue weighted by molar-refractivity contribution is 0.220. The molecule has 1 N–H and O–H groups in total. The number of aliphatic hydroxyl groups is 1. The molecule has 13 nitrogen and oxygen atoms in total. The summed E-state index contributed by atoms with van der Waals surface area (Å²) in [5.74, 6) is -1.57. The molecule has 0 aliphatic carbocycles. The van der Waals surface area contributed by atoms with Gasteiger partial charge in [0.25, 0.3) is 0 Å². The number of hydrogen-bond donors (Lipinski definition) is 1. The van der Waals surface area contributed by atoms with E-state index in [0.29, 0.717) is 10.3 Å². The predicted molar refractivity (Wildman–Crippen MR) is 143 cm³/mol. The molecule has 0 unspecified atom stereocenters. The molecule has 38 heavy (non-hydrogen) atoms. The SMILES string of the molecule is O=S(=O)(CCSc1nnnn1-c1ccccc1)CC(O)CS(=O)(=O)CCSc1nnnn1-c1ccccc1. The molecule has 0 spiro atoms. The van der Waals surface area contributed by atoms with Crippen LogP contribution in [0.5, 0.6) is 0 Å². The topological polar surface area (TPSA) is 176 Å². The molecule has 0 atom stereocenters. The summed E-state index contributed by atoms with van der Waals surface area (Å²) < 4.78 is 53.0. The summed E-state index contributed by atoms with van der Waals surface area (Å²) in [6.45, 7) is 0. The maximum atomic E-state index is 12.5. The number of rotatable bonds is 14. The number of aliphatic hydroxyl groups excluding tert-OH is 1. The Morgan fingerprint density at radius 2 is 1.08 bits per heavy atom. The average molecular weight is 597 g/mol. The normalized spacial score (nSPS) is 12.3. The van der Waals surface area contributed by atoms with Crippen molar-refractivity contribution in [3.8, 4) is 11.4 Å². The minimum absolute atomic E-state index is 0.141. The van der Waals surface area contributed by atoms with Crippen molar-refractivity contribution in [3.05, 3.63) is 60.7 Å². The molecule has 17 heteroatoms. The summed E-state index contributed by atoms with van der Waals surface area (Å²) in [5.41, 5.74) is 1.47. The van der Waals surface area contributed by atoms with E-state index in [1.807, 2.05) is 60.7 Å². The fourth-order valence-electron chi connectivity index (χ4n) is 3.32. The Hall–Kier alpha value is -2.86. The van der Waals surface area contributed by atoms with Gasteiger partial charge in [-0.3, -0.25) is 0 Å². The summed E-state index contributed by atoms with van der Waals surface area (Å²) in [6, 6.07) is 18.3. The van der Waals surface area contributed by atoms with Crippen LogP contribution in [0.2, 0.25) is 0 Å². The van der Waals surface area contributed by atoms with E-state index in [4.69, 9.17) is 0 Å². The van der Waals surface area contributed by atoms with Crippen LogP contribution in [0, 0.1) is 0 Å². The van der Waals surface area contributed by atoms with Gasteiger partial charge in [0.1, 0.15) is 0 Å². The van der Waals surface area contributed by atoms with Crippen molar-refractivity contribution in [2.24, 2.45) is 0 Å². The second kappa shape index (κ2) is 12.8. The van der Waals surface area contributed by atoms with Gasteiger partial charge in [-0.1, -0.05) is 59.9 Å². The molecule has 0 aliphatic heterocycles. The summed E-state index contributed by atoms with van der Waals surface area (Å²) in [5, 5.41) is 34.0. The van der Waals surface area contributed by atoms with Crippen LogP contribution in [-0.4, -0.2) is 103 Å². The molecule has 4 aromatic rings. The molecule has 0 amide bonds. The van der Waals surface area contributed by atoms with Crippen molar-refractivity contribution in [2.75, 3.05) is 34.5 Å².